The smallest absolute Gasteiger partial charge is 0.258 e. The number of carbonyl (C=O) groups excluding carboxylic acids is 1. The molecule has 0 saturated heterocycles. The number of hydrogen-bond donors (Lipinski definition) is 2. The lowest BCUT2D eigenvalue weighted by Gasteiger charge is -2.12. The van der Waals surface area contributed by atoms with Gasteiger partial charge in [0.05, 0.1) is 0 Å². The van der Waals surface area contributed by atoms with Gasteiger partial charge in [-0.05, 0) is 72.3 Å². The van der Waals surface area contributed by atoms with Gasteiger partial charge in [-0.1, -0.05) is 76.4 Å². The molecule has 0 bridgehead atoms. The first kappa shape index (κ1) is 30.0. The minimum Gasteiger partial charge on any atom is -0.438 e. The number of nitrogens with two attached hydrogens (primary N) is 1. The van der Waals surface area contributed by atoms with Crippen molar-refractivity contribution in [2.75, 3.05) is 6.26 Å². The van der Waals surface area contributed by atoms with E-state index < -0.39 is 0 Å². The van der Waals surface area contributed by atoms with Gasteiger partial charge in [0.2, 0.25) is 5.88 Å². The number of nitrogens with one attached hydrogen (secondary N) is 1. The van der Waals surface area contributed by atoms with Crippen LogP contribution < -0.4 is 15.8 Å². The number of carbonyl (C=O) groups is 1. The van der Waals surface area contributed by atoms with Gasteiger partial charge >= 0.3 is 0 Å². The van der Waals surface area contributed by atoms with Crippen molar-refractivity contribution in [1.82, 2.24) is 15.3 Å². The molecule has 4 aromatic rings. The van der Waals surface area contributed by atoms with Gasteiger partial charge in [0.25, 0.3) is 5.91 Å². The lowest BCUT2D eigenvalue weighted by molar-refractivity contribution is 0.0947. The third-order valence-corrected chi connectivity index (χ3v) is 6.43. The van der Waals surface area contributed by atoms with Gasteiger partial charge < -0.3 is 15.8 Å². The molecular formula is C27H24Cl4N4O2S. The van der Waals surface area contributed by atoms with E-state index in [1.165, 1.54) is 18.0 Å². The van der Waals surface area contributed by atoms with Crippen molar-refractivity contribution in [3.05, 3.63) is 109 Å². The van der Waals surface area contributed by atoms with Gasteiger partial charge in [-0.25, -0.2) is 4.98 Å². The number of hydrogen-bond acceptors (Lipinski definition) is 6. The average Bonchev–Trinajstić information content (AvgIpc) is 2.88. The molecule has 0 aliphatic rings. The van der Waals surface area contributed by atoms with Crippen LogP contribution in [0.1, 0.15) is 27.0 Å². The Balaban J connectivity index is 0.000000336. The summed E-state index contributed by atoms with van der Waals surface area (Å²) in [5, 5.41) is 5.62. The van der Waals surface area contributed by atoms with Crippen molar-refractivity contribution < 1.29 is 9.53 Å². The zero-order chi connectivity index (χ0) is 27.7. The number of nitrogens with zero attached hydrogens (tertiary/aromatic N) is 2. The summed E-state index contributed by atoms with van der Waals surface area (Å²) in [6.07, 6.45) is 3.32. The molecule has 0 aliphatic heterocycles. The van der Waals surface area contributed by atoms with E-state index in [-0.39, 0.29) is 23.9 Å². The third kappa shape index (κ3) is 9.05. The Morgan fingerprint density at radius 2 is 1.53 bits per heavy atom. The number of amides is 1. The SMILES string of the molecule is CSc1ncc(C(=O)NCc2cc(Cl)cc(Cl)c2)c(Oc2ccccc2C)n1.NCc1cc(Cl)cc(Cl)c1. The van der Waals surface area contributed by atoms with Crippen LogP contribution in [-0.2, 0) is 13.1 Å². The zero-order valence-corrected chi connectivity index (χ0v) is 24.3. The molecule has 0 atom stereocenters. The predicted octanol–water partition coefficient (Wildman–Crippen LogP) is 7.99. The third-order valence-electron chi connectivity index (χ3n) is 4.99. The first-order chi connectivity index (χ1) is 18.2. The van der Waals surface area contributed by atoms with Crippen LogP contribution in [0.15, 0.2) is 72.0 Å². The van der Waals surface area contributed by atoms with E-state index in [2.05, 4.69) is 15.3 Å². The summed E-state index contributed by atoms with van der Waals surface area (Å²) in [5.74, 6) is 0.478. The maximum atomic E-state index is 12.7. The molecule has 0 aliphatic carbocycles. The minimum absolute atomic E-state index is 0.204. The van der Waals surface area contributed by atoms with Crippen molar-refractivity contribution in [1.29, 1.82) is 0 Å². The summed E-state index contributed by atoms with van der Waals surface area (Å²) in [4.78, 5) is 21.3. The molecule has 1 heterocycles. The molecule has 0 fully saturated rings. The number of para-hydroxylation sites is 1. The second kappa shape index (κ2) is 14.6. The molecule has 4 rings (SSSR count). The van der Waals surface area contributed by atoms with Gasteiger partial charge in [0.15, 0.2) is 5.16 Å². The average molecular weight is 610 g/mol. The van der Waals surface area contributed by atoms with E-state index in [0.29, 0.717) is 37.5 Å². The van der Waals surface area contributed by atoms with Gasteiger partial charge in [-0.15, -0.1) is 0 Å². The van der Waals surface area contributed by atoms with Crippen LogP contribution in [0.2, 0.25) is 20.1 Å². The van der Waals surface area contributed by atoms with Crippen LogP contribution in [0, 0.1) is 6.92 Å². The zero-order valence-electron chi connectivity index (χ0n) is 20.5. The highest BCUT2D eigenvalue weighted by molar-refractivity contribution is 7.98. The van der Waals surface area contributed by atoms with E-state index in [4.69, 9.17) is 56.9 Å². The first-order valence-electron chi connectivity index (χ1n) is 11.2. The van der Waals surface area contributed by atoms with E-state index in [9.17, 15) is 4.79 Å². The molecule has 1 amide bonds. The summed E-state index contributed by atoms with van der Waals surface area (Å²) in [6, 6.07) is 17.9. The Kier molecular flexibility index (Phi) is 11.5. The van der Waals surface area contributed by atoms with E-state index >= 15 is 0 Å². The van der Waals surface area contributed by atoms with Crippen LogP contribution in [0.25, 0.3) is 0 Å². The fourth-order valence-corrected chi connectivity index (χ4v) is 4.65. The largest absolute Gasteiger partial charge is 0.438 e. The van der Waals surface area contributed by atoms with Gasteiger partial charge in [-0.2, -0.15) is 4.98 Å². The maximum absolute atomic E-state index is 12.7. The number of aromatic nitrogens is 2. The molecule has 1 aromatic heterocycles. The standard InChI is InChI=1S/C20H17Cl2N3O2S.C7H7Cl2N/c1-12-5-3-4-6-17(12)27-19-16(11-24-20(25-19)28-2)18(26)23-10-13-7-14(21)9-15(22)8-13;8-6-1-5(4-10)2-7(9)3-6/h3-9,11H,10H2,1-2H3,(H,23,26);1-3H,4,10H2. The van der Waals surface area contributed by atoms with Crippen LogP contribution >= 0.6 is 58.2 Å². The quantitative estimate of drug-likeness (QED) is 0.163. The van der Waals surface area contributed by atoms with Crippen LogP contribution in [0.4, 0.5) is 0 Å². The van der Waals surface area contributed by atoms with Crippen LogP contribution in [0.3, 0.4) is 0 Å². The molecule has 11 heteroatoms. The van der Waals surface area contributed by atoms with E-state index in [0.717, 1.165) is 16.7 Å². The van der Waals surface area contributed by atoms with Gasteiger partial charge in [0.1, 0.15) is 11.3 Å². The summed E-state index contributed by atoms with van der Waals surface area (Å²) in [5.41, 5.74) is 8.29. The van der Waals surface area contributed by atoms with Gasteiger partial charge in [0, 0.05) is 39.4 Å². The number of rotatable bonds is 7. The minimum atomic E-state index is -0.354. The molecule has 0 spiro atoms. The number of ether oxygens (including phenoxy) is 1. The van der Waals surface area contributed by atoms with Crippen molar-refractivity contribution in [2.45, 2.75) is 25.2 Å². The molecule has 0 unspecified atom stereocenters. The molecule has 3 N–H and O–H groups in total. The Hall–Kier alpha value is -2.52. The van der Waals surface area contributed by atoms with E-state index in [1.807, 2.05) is 37.4 Å². The fraction of sp³-hybridized carbons (Fsp3) is 0.148. The summed E-state index contributed by atoms with van der Waals surface area (Å²) in [7, 11) is 0. The molecule has 0 radical (unpaired) electrons. The van der Waals surface area contributed by atoms with E-state index in [1.54, 1.807) is 36.4 Å². The number of aryl methyl sites for hydroxylation is 1. The molecule has 198 valence electrons. The first-order valence-corrected chi connectivity index (χ1v) is 13.9. The molecular weight excluding hydrogens is 586 g/mol. The predicted molar refractivity (Wildman–Crippen MR) is 157 cm³/mol. The lowest BCUT2D eigenvalue weighted by Crippen LogP contribution is -2.24. The number of thioether (sulfide) groups is 1. The topological polar surface area (TPSA) is 90.1 Å². The molecule has 6 nitrogen and oxygen atoms in total. The van der Waals surface area contributed by atoms with Crippen molar-refractivity contribution in [2.24, 2.45) is 5.73 Å². The second-order valence-corrected chi connectivity index (χ2v) is 10.4. The van der Waals surface area contributed by atoms with Crippen molar-refractivity contribution in [3.63, 3.8) is 0 Å². The molecule has 0 saturated carbocycles. The second-order valence-electron chi connectivity index (χ2n) is 7.89. The number of benzene rings is 3. The van der Waals surface area contributed by atoms with Crippen LogP contribution in [0.5, 0.6) is 11.6 Å². The Morgan fingerprint density at radius 3 is 2.08 bits per heavy atom. The lowest BCUT2D eigenvalue weighted by atomic mass is 10.2. The highest BCUT2D eigenvalue weighted by atomic mass is 35.5. The Labute approximate surface area is 245 Å². The number of halogens is 4. The fourth-order valence-electron chi connectivity index (χ4n) is 3.18. The van der Waals surface area contributed by atoms with Gasteiger partial charge in [-0.3, -0.25) is 4.79 Å². The highest BCUT2D eigenvalue weighted by Crippen LogP contribution is 2.27. The summed E-state index contributed by atoms with van der Waals surface area (Å²) in [6.45, 7) is 2.65. The van der Waals surface area contributed by atoms with Crippen LogP contribution in [-0.4, -0.2) is 22.1 Å². The maximum Gasteiger partial charge on any atom is 0.258 e. The van der Waals surface area contributed by atoms with Crippen molar-refractivity contribution in [3.8, 4) is 11.6 Å². The molecule has 3 aromatic carbocycles. The summed E-state index contributed by atoms with van der Waals surface area (Å²) < 4.78 is 5.93. The highest BCUT2D eigenvalue weighted by Gasteiger charge is 2.17. The molecule has 38 heavy (non-hydrogen) atoms. The summed E-state index contributed by atoms with van der Waals surface area (Å²) >= 11 is 24.8. The van der Waals surface area contributed by atoms with Crippen molar-refractivity contribution >= 4 is 64.1 Å². The Morgan fingerprint density at radius 1 is 0.947 bits per heavy atom. The normalized spacial score (nSPS) is 10.4. The Bertz CT molecular complexity index is 1380. The monoisotopic (exact) mass is 608 g/mol.